The summed E-state index contributed by atoms with van der Waals surface area (Å²) >= 11 is 1.56. The molecule has 3 heterocycles. The van der Waals surface area contributed by atoms with Crippen LogP contribution in [0, 0.1) is 20.8 Å². The summed E-state index contributed by atoms with van der Waals surface area (Å²) in [6.07, 6.45) is 1.41. The fourth-order valence-corrected chi connectivity index (χ4v) is 3.78. The number of esters is 1. The Kier molecular flexibility index (Phi) is 6.09. The molecule has 4 rings (SSSR count). The van der Waals surface area contributed by atoms with Crippen molar-refractivity contribution in [3.05, 3.63) is 76.0 Å². The highest BCUT2D eigenvalue weighted by molar-refractivity contribution is 7.09. The second-order valence-electron chi connectivity index (χ2n) is 7.20. The molecule has 0 radical (unpaired) electrons. The second-order valence-corrected chi connectivity index (χ2v) is 8.26. The van der Waals surface area contributed by atoms with Crippen LogP contribution in [0.25, 0.3) is 17.1 Å². The van der Waals surface area contributed by atoms with Gasteiger partial charge in [-0.05, 0) is 51.1 Å². The van der Waals surface area contributed by atoms with Gasteiger partial charge in [-0.3, -0.25) is 4.79 Å². The first kappa shape index (κ1) is 21.4. The Morgan fingerprint density at radius 3 is 2.62 bits per heavy atom. The number of rotatable bonds is 6. The van der Waals surface area contributed by atoms with E-state index in [2.05, 4.69) is 20.4 Å². The highest BCUT2D eigenvalue weighted by Gasteiger charge is 2.13. The lowest BCUT2D eigenvalue weighted by atomic mass is 10.1. The zero-order chi connectivity index (χ0) is 22.7. The number of hydrogen-bond donors (Lipinski definition) is 1. The van der Waals surface area contributed by atoms with E-state index in [9.17, 15) is 9.59 Å². The summed E-state index contributed by atoms with van der Waals surface area (Å²) in [6, 6.07) is 12.6. The minimum Gasteiger partial charge on any atom is -0.452 e. The van der Waals surface area contributed by atoms with Crippen molar-refractivity contribution in [2.45, 2.75) is 20.8 Å². The standard InChI is InChI=1S/C23H21N5O3S/c1-14-9-15(2)28(27-14)21-8-7-18(11-24-21)23(30)31-12-22(29)26-19-6-4-5-17(10-19)20-13-32-16(3)25-20/h4-11,13H,12H2,1-3H3,(H,26,29). The molecule has 0 aliphatic carbocycles. The molecular weight excluding hydrogens is 426 g/mol. The van der Waals surface area contributed by atoms with Gasteiger partial charge in [-0.1, -0.05) is 12.1 Å². The molecule has 9 heteroatoms. The van der Waals surface area contributed by atoms with E-state index in [0.717, 1.165) is 27.7 Å². The molecule has 0 saturated heterocycles. The van der Waals surface area contributed by atoms with E-state index in [-0.39, 0.29) is 5.56 Å². The fraction of sp³-hybridized carbons (Fsp3) is 0.174. The predicted octanol–water partition coefficient (Wildman–Crippen LogP) is 4.11. The van der Waals surface area contributed by atoms with E-state index in [1.54, 1.807) is 34.2 Å². The lowest BCUT2D eigenvalue weighted by molar-refractivity contribution is -0.119. The number of hydrogen-bond acceptors (Lipinski definition) is 7. The van der Waals surface area contributed by atoms with E-state index >= 15 is 0 Å². The van der Waals surface area contributed by atoms with Crippen molar-refractivity contribution in [2.75, 3.05) is 11.9 Å². The summed E-state index contributed by atoms with van der Waals surface area (Å²) in [6.45, 7) is 5.36. The number of thiazole rings is 1. The van der Waals surface area contributed by atoms with Crippen LogP contribution in [0.2, 0.25) is 0 Å². The molecule has 1 amide bonds. The zero-order valence-corrected chi connectivity index (χ0v) is 18.6. The molecular formula is C23H21N5O3S. The van der Waals surface area contributed by atoms with Crippen LogP contribution in [0.3, 0.4) is 0 Å². The summed E-state index contributed by atoms with van der Waals surface area (Å²) in [5, 5.41) is 10.0. The van der Waals surface area contributed by atoms with Gasteiger partial charge in [0.15, 0.2) is 12.4 Å². The molecule has 0 fully saturated rings. The van der Waals surface area contributed by atoms with Crippen molar-refractivity contribution >= 4 is 28.9 Å². The Labute approximate surface area is 188 Å². The minimum atomic E-state index is -0.626. The number of carbonyl (C=O) groups excluding carboxylic acids is 2. The molecule has 1 aromatic carbocycles. The van der Waals surface area contributed by atoms with Gasteiger partial charge < -0.3 is 10.1 Å². The van der Waals surface area contributed by atoms with E-state index in [4.69, 9.17) is 4.74 Å². The number of benzene rings is 1. The van der Waals surface area contributed by atoms with Crippen LogP contribution in [0.1, 0.15) is 26.8 Å². The lowest BCUT2D eigenvalue weighted by Crippen LogP contribution is -2.21. The summed E-state index contributed by atoms with van der Waals surface area (Å²) in [4.78, 5) is 33.3. The van der Waals surface area contributed by atoms with Crippen LogP contribution >= 0.6 is 11.3 Å². The Bertz CT molecular complexity index is 1280. The topological polar surface area (TPSA) is 99.0 Å². The summed E-state index contributed by atoms with van der Waals surface area (Å²) in [7, 11) is 0. The van der Waals surface area contributed by atoms with Crippen LogP contribution < -0.4 is 5.32 Å². The monoisotopic (exact) mass is 447 g/mol. The number of carbonyl (C=O) groups is 2. The number of aryl methyl sites for hydroxylation is 3. The van der Waals surface area contributed by atoms with Crippen LogP contribution in [0.15, 0.2) is 54.0 Å². The van der Waals surface area contributed by atoms with Gasteiger partial charge in [0.05, 0.1) is 22.0 Å². The van der Waals surface area contributed by atoms with E-state index in [1.165, 1.54) is 6.20 Å². The average molecular weight is 448 g/mol. The number of pyridine rings is 1. The van der Waals surface area contributed by atoms with Crippen molar-refractivity contribution in [1.29, 1.82) is 0 Å². The third-order valence-corrected chi connectivity index (χ3v) is 5.38. The van der Waals surface area contributed by atoms with Gasteiger partial charge >= 0.3 is 5.97 Å². The van der Waals surface area contributed by atoms with Crippen molar-refractivity contribution < 1.29 is 14.3 Å². The Balaban J connectivity index is 1.34. The molecule has 0 saturated carbocycles. The van der Waals surface area contributed by atoms with Crippen LogP contribution in [0.4, 0.5) is 5.69 Å². The maximum atomic E-state index is 12.3. The fourth-order valence-electron chi connectivity index (χ4n) is 3.16. The van der Waals surface area contributed by atoms with Gasteiger partial charge in [0, 0.05) is 28.5 Å². The quantitative estimate of drug-likeness (QED) is 0.447. The number of anilines is 1. The molecule has 0 atom stereocenters. The maximum Gasteiger partial charge on any atom is 0.340 e. The number of nitrogens with zero attached hydrogens (tertiary/aromatic N) is 4. The van der Waals surface area contributed by atoms with Crippen LogP contribution in [-0.4, -0.2) is 38.2 Å². The minimum absolute atomic E-state index is 0.254. The van der Waals surface area contributed by atoms with Crippen molar-refractivity contribution in [2.24, 2.45) is 0 Å². The van der Waals surface area contributed by atoms with Crippen LogP contribution in [0.5, 0.6) is 0 Å². The van der Waals surface area contributed by atoms with Gasteiger partial charge in [0.2, 0.25) is 0 Å². The first-order valence-corrected chi connectivity index (χ1v) is 10.8. The van der Waals surface area contributed by atoms with E-state index in [0.29, 0.717) is 11.5 Å². The highest BCUT2D eigenvalue weighted by atomic mass is 32.1. The van der Waals surface area contributed by atoms with Crippen molar-refractivity contribution in [1.82, 2.24) is 19.7 Å². The molecule has 1 N–H and O–H groups in total. The molecule has 4 aromatic rings. The third-order valence-electron chi connectivity index (χ3n) is 4.61. The van der Waals surface area contributed by atoms with Gasteiger partial charge in [-0.25, -0.2) is 19.4 Å². The molecule has 3 aromatic heterocycles. The third kappa shape index (κ3) is 4.89. The molecule has 162 valence electrons. The normalized spacial score (nSPS) is 10.7. The highest BCUT2D eigenvalue weighted by Crippen LogP contribution is 2.24. The smallest absolute Gasteiger partial charge is 0.340 e. The average Bonchev–Trinajstić information content (AvgIpc) is 3.37. The summed E-state index contributed by atoms with van der Waals surface area (Å²) in [5.74, 6) is -0.462. The zero-order valence-electron chi connectivity index (χ0n) is 17.8. The second kappa shape index (κ2) is 9.11. The first-order valence-electron chi connectivity index (χ1n) is 9.88. The lowest BCUT2D eigenvalue weighted by Gasteiger charge is -2.08. The number of aromatic nitrogens is 4. The van der Waals surface area contributed by atoms with E-state index < -0.39 is 18.5 Å². The Hall–Kier alpha value is -3.85. The van der Waals surface area contributed by atoms with Gasteiger partial charge in [-0.2, -0.15) is 5.10 Å². The summed E-state index contributed by atoms with van der Waals surface area (Å²) in [5.41, 5.74) is 4.43. The Morgan fingerprint density at radius 2 is 1.97 bits per heavy atom. The SMILES string of the molecule is Cc1cc(C)n(-c2ccc(C(=O)OCC(=O)Nc3cccc(-c4csc(C)n4)c3)cn2)n1. The van der Waals surface area contributed by atoms with Crippen molar-refractivity contribution in [3.63, 3.8) is 0 Å². The maximum absolute atomic E-state index is 12.3. The molecule has 0 aliphatic rings. The molecule has 8 nitrogen and oxygen atoms in total. The first-order chi connectivity index (χ1) is 15.4. The Morgan fingerprint density at radius 1 is 1.12 bits per heavy atom. The van der Waals surface area contributed by atoms with Gasteiger partial charge in [-0.15, -0.1) is 11.3 Å². The van der Waals surface area contributed by atoms with Gasteiger partial charge in [0.25, 0.3) is 5.91 Å². The molecule has 0 bridgehead atoms. The predicted molar refractivity (Wildman–Crippen MR) is 122 cm³/mol. The van der Waals surface area contributed by atoms with Gasteiger partial charge in [0.1, 0.15) is 0 Å². The summed E-state index contributed by atoms with van der Waals surface area (Å²) < 4.78 is 6.82. The molecule has 32 heavy (non-hydrogen) atoms. The molecule has 0 spiro atoms. The molecule has 0 aliphatic heterocycles. The van der Waals surface area contributed by atoms with Crippen molar-refractivity contribution in [3.8, 4) is 17.1 Å². The van der Waals surface area contributed by atoms with Crippen LogP contribution in [-0.2, 0) is 9.53 Å². The number of amides is 1. The molecule has 0 unspecified atom stereocenters. The largest absolute Gasteiger partial charge is 0.452 e. The number of ether oxygens (including phenoxy) is 1. The number of nitrogens with one attached hydrogen (secondary N) is 1. The van der Waals surface area contributed by atoms with E-state index in [1.807, 2.05) is 50.4 Å².